The van der Waals surface area contributed by atoms with Gasteiger partial charge < -0.3 is 25.2 Å². The molecule has 0 radical (unpaired) electrons. The lowest BCUT2D eigenvalue weighted by Gasteiger charge is -2.34. The molecule has 33 heavy (non-hydrogen) atoms. The number of amides is 1. The Bertz CT molecular complexity index is 949. The summed E-state index contributed by atoms with van der Waals surface area (Å²) in [6.45, 7) is 9.02. The van der Waals surface area contributed by atoms with E-state index < -0.39 is 6.10 Å². The van der Waals surface area contributed by atoms with Crippen LogP contribution in [0.15, 0.2) is 36.4 Å². The molecule has 1 fully saturated rings. The molecule has 2 atom stereocenters. The van der Waals surface area contributed by atoms with Gasteiger partial charge in [0.1, 0.15) is 12.7 Å². The summed E-state index contributed by atoms with van der Waals surface area (Å²) >= 11 is 0. The van der Waals surface area contributed by atoms with Crippen LogP contribution in [0.2, 0.25) is 0 Å². The zero-order chi connectivity index (χ0) is 23.4. The Morgan fingerprint density at radius 1 is 1.12 bits per heavy atom. The molecule has 7 heteroatoms. The number of anilines is 1. The largest absolute Gasteiger partial charge is 0.486 e. The van der Waals surface area contributed by atoms with Gasteiger partial charge in [-0.05, 0) is 56.9 Å². The predicted molar refractivity (Wildman–Crippen MR) is 129 cm³/mol. The topological polar surface area (TPSA) is 83.1 Å². The summed E-state index contributed by atoms with van der Waals surface area (Å²) in [5.74, 6) is 1.43. The molecule has 1 amide bonds. The zero-order valence-corrected chi connectivity index (χ0v) is 19.8. The number of hydrogen-bond donors (Lipinski definition) is 3. The first-order valence-corrected chi connectivity index (χ1v) is 11.8. The molecule has 0 spiro atoms. The summed E-state index contributed by atoms with van der Waals surface area (Å²) in [6, 6.07) is 12.0. The van der Waals surface area contributed by atoms with Crippen molar-refractivity contribution in [1.82, 2.24) is 10.2 Å². The first-order valence-electron chi connectivity index (χ1n) is 11.8. The van der Waals surface area contributed by atoms with E-state index >= 15 is 0 Å². The van der Waals surface area contributed by atoms with Crippen LogP contribution in [-0.4, -0.2) is 66.9 Å². The van der Waals surface area contributed by atoms with E-state index in [0.29, 0.717) is 31.5 Å². The number of ether oxygens (including phenoxy) is 2. The number of nitrogens with zero attached hydrogens (tertiary/aromatic N) is 1. The summed E-state index contributed by atoms with van der Waals surface area (Å²) in [6.07, 6.45) is 0.842. The quantitative estimate of drug-likeness (QED) is 0.598. The summed E-state index contributed by atoms with van der Waals surface area (Å²) in [4.78, 5) is 14.8. The standard InChI is InChI=1S/C26H35N3O4/c1-17-12-18(2)26(19(3)13-17)28-25(31)15-29-10-8-20(9-11-29)27-14-21(30)24-16-32-22-6-4-5-7-23(22)33-24/h4-7,12-13,20-21,24,27,30H,8-11,14-16H2,1-3H3,(H,28,31). The first-order chi connectivity index (χ1) is 15.9. The van der Waals surface area contributed by atoms with E-state index in [1.807, 2.05) is 38.1 Å². The van der Waals surface area contributed by atoms with Crippen molar-refractivity contribution in [2.75, 3.05) is 38.1 Å². The number of piperidine rings is 1. The van der Waals surface area contributed by atoms with E-state index in [9.17, 15) is 9.90 Å². The molecule has 2 aliphatic heterocycles. The third-order valence-corrected chi connectivity index (χ3v) is 6.47. The van der Waals surface area contributed by atoms with Crippen molar-refractivity contribution in [2.45, 2.75) is 51.9 Å². The first kappa shape index (κ1) is 23.5. The van der Waals surface area contributed by atoms with Gasteiger partial charge in [0.2, 0.25) is 5.91 Å². The van der Waals surface area contributed by atoms with Gasteiger partial charge in [0.25, 0.3) is 0 Å². The summed E-state index contributed by atoms with van der Waals surface area (Å²) < 4.78 is 11.6. The molecular weight excluding hydrogens is 418 g/mol. The molecule has 7 nitrogen and oxygen atoms in total. The molecule has 2 aromatic carbocycles. The average molecular weight is 454 g/mol. The highest BCUT2D eigenvalue weighted by Gasteiger charge is 2.28. The van der Waals surface area contributed by atoms with Gasteiger partial charge in [0.05, 0.1) is 6.54 Å². The number of carbonyl (C=O) groups excluding carboxylic acids is 1. The lowest BCUT2D eigenvalue weighted by molar-refractivity contribution is -0.117. The molecule has 0 bridgehead atoms. The van der Waals surface area contributed by atoms with Gasteiger partial charge in [0.15, 0.2) is 17.6 Å². The van der Waals surface area contributed by atoms with Gasteiger partial charge in [-0.3, -0.25) is 9.69 Å². The third-order valence-electron chi connectivity index (χ3n) is 6.47. The van der Waals surface area contributed by atoms with Gasteiger partial charge in [-0.1, -0.05) is 29.8 Å². The second-order valence-electron chi connectivity index (χ2n) is 9.26. The van der Waals surface area contributed by atoms with Crippen LogP contribution in [0.1, 0.15) is 29.5 Å². The Morgan fingerprint density at radius 3 is 2.48 bits per heavy atom. The van der Waals surface area contributed by atoms with Crippen molar-refractivity contribution in [1.29, 1.82) is 0 Å². The summed E-state index contributed by atoms with van der Waals surface area (Å²) in [7, 11) is 0. The van der Waals surface area contributed by atoms with Crippen LogP contribution in [0, 0.1) is 20.8 Å². The lowest BCUT2D eigenvalue weighted by atomic mass is 10.0. The molecule has 2 aromatic rings. The number of likely N-dealkylation sites (tertiary alicyclic amines) is 1. The Hall–Kier alpha value is -2.61. The molecule has 3 N–H and O–H groups in total. The Balaban J connectivity index is 1.18. The number of nitrogens with one attached hydrogen (secondary N) is 2. The minimum atomic E-state index is -0.650. The fourth-order valence-electron chi connectivity index (χ4n) is 4.70. The molecule has 178 valence electrons. The Morgan fingerprint density at radius 2 is 1.79 bits per heavy atom. The molecule has 2 heterocycles. The Kier molecular flexibility index (Phi) is 7.53. The summed E-state index contributed by atoms with van der Waals surface area (Å²) in [5.41, 5.74) is 4.32. The van der Waals surface area contributed by atoms with Crippen LogP contribution in [0.3, 0.4) is 0 Å². The smallest absolute Gasteiger partial charge is 0.238 e. The maximum Gasteiger partial charge on any atom is 0.238 e. The monoisotopic (exact) mass is 453 g/mol. The predicted octanol–water partition coefficient (Wildman–Crippen LogP) is 2.81. The number of rotatable bonds is 7. The molecule has 4 rings (SSSR count). The van der Waals surface area contributed by atoms with Crippen molar-refractivity contribution < 1.29 is 19.4 Å². The van der Waals surface area contributed by atoms with Gasteiger partial charge >= 0.3 is 0 Å². The Labute approximate surface area is 196 Å². The highest BCUT2D eigenvalue weighted by atomic mass is 16.6. The number of aliphatic hydroxyl groups excluding tert-OH is 1. The van der Waals surface area contributed by atoms with Gasteiger partial charge in [-0.2, -0.15) is 0 Å². The average Bonchev–Trinajstić information content (AvgIpc) is 2.80. The molecule has 1 saturated heterocycles. The fraction of sp³-hybridized carbons (Fsp3) is 0.500. The van der Waals surface area contributed by atoms with E-state index in [-0.39, 0.29) is 12.0 Å². The SMILES string of the molecule is Cc1cc(C)c(NC(=O)CN2CCC(NCC(O)C3COc4ccccc4O3)CC2)c(C)c1. The van der Waals surface area contributed by atoms with Crippen molar-refractivity contribution in [3.8, 4) is 11.5 Å². The number of aliphatic hydroxyl groups is 1. The van der Waals surface area contributed by atoms with Crippen molar-refractivity contribution in [3.05, 3.63) is 53.1 Å². The number of para-hydroxylation sites is 2. The van der Waals surface area contributed by atoms with E-state index in [1.165, 1.54) is 5.56 Å². The molecule has 2 aliphatic rings. The molecule has 0 aliphatic carbocycles. The lowest BCUT2D eigenvalue weighted by Crippen LogP contribution is -2.50. The number of hydrogen-bond acceptors (Lipinski definition) is 6. The van der Waals surface area contributed by atoms with Crippen LogP contribution in [0.25, 0.3) is 0 Å². The fourth-order valence-corrected chi connectivity index (χ4v) is 4.70. The number of aryl methyl sites for hydroxylation is 3. The highest BCUT2D eigenvalue weighted by Crippen LogP contribution is 2.31. The molecular formula is C26H35N3O4. The highest BCUT2D eigenvalue weighted by molar-refractivity contribution is 5.93. The van der Waals surface area contributed by atoms with E-state index in [0.717, 1.165) is 48.5 Å². The molecule has 2 unspecified atom stereocenters. The van der Waals surface area contributed by atoms with Crippen LogP contribution in [-0.2, 0) is 4.79 Å². The maximum absolute atomic E-state index is 12.6. The van der Waals surface area contributed by atoms with Crippen molar-refractivity contribution >= 4 is 11.6 Å². The van der Waals surface area contributed by atoms with Crippen molar-refractivity contribution in [3.63, 3.8) is 0 Å². The molecule has 0 aromatic heterocycles. The number of carbonyl (C=O) groups is 1. The van der Waals surface area contributed by atoms with Crippen LogP contribution in [0.5, 0.6) is 11.5 Å². The van der Waals surface area contributed by atoms with Crippen LogP contribution < -0.4 is 20.1 Å². The molecule has 0 saturated carbocycles. The van der Waals surface area contributed by atoms with Gasteiger partial charge in [-0.25, -0.2) is 0 Å². The van der Waals surface area contributed by atoms with Gasteiger partial charge in [-0.15, -0.1) is 0 Å². The van der Waals surface area contributed by atoms with E-state index in [1.54, 1.807) is 0 Å². The minimum absolute atomic E-state index is 0.0293. The zero-order valence-electron chi connectivity index (χ0n) is 19.8. The van der Waals surface area contributed by atoms with Crippen LogP contribution in [0.4, 0.5) is 5.69 Å². The summed E-state index contributed by atoms with van der Waals surface area (Å²) in [5, 5.41) is 17.1. The van der Waals surface area contributed by atoms with E-state index in [4.69, 9.17) is 9.47 Å². The normalized spacial score (nSPS) is 19.8. The van der Waals surface area contributed by atoms with Gasteiger partial charge in [0, 0.05) is 31.4 Å². The second kappa shape index (κ2) is 10.5. The number of fused-ring (bicyclic) bond motifs is 1. The van der Waals surface area contributed by atoms with Crippen LogP contribution >= 0.6 is 0 Å². The minimum Gasteiger partial charge on any atom is -0.486 e. The van der Waals surface area contributed by atoms with Crippen molar-refractivity contribution in [2.24, 2.45) is 0 Å². The number of benzene rings is 2. The van der Waals surface area contributed by atoms with E-state index in [2.05, 4.69) is 34.6 Å². The maximum atomic E-state index is 12.6. The third kappa shape index (κ3) is 6.05. The second-order valence-corrected chi connectivity index (χ2v) is 9.26.